The van der Waals surface area contributed by atoms with Gasteiger partial charge in [-0.2, -0.15) is 0 Å². The molecule has 19 heavy (non-hydrogen) atoms. The van der Waals surface area contributed by atoms with Gasteiger partial charge in [-0.15, -0.1) is 6.42 Å². The van der Waals surface area contributed by atoms with E-state index in [1.807, 2.05) is 6.92 Å². The van der Waals surface area contributed by atoms with Crippen LogP contribution in [0.25, 0.3) is 0 Å². The number of nitrogens with zero attached hydrogens (tertiary/aromatic N) is 2. The van der Waals surface area contributed by atoms with E-state index < -0.39 is 0 Å². The molecule has 0 amide bonds. The predicted molar refractivity (Wildman–Crippen MR) is 79.3 cm³/mol. The Morgan fingerprint density at radius 1 is 1.47 bits per heavy atom. The van der Waals surface area contributed by atoms with Crippen molar-refractivity contribution in [3.8, 4) is 12.3 Å². The number of hydrogen-bond acceptors (Lipinski definition) is 3. The molecule has 1 heterocycles. The molecule has 108 valence electrons. The summed E-state index contributed by atoms with van der Waals surface area (Å²) in [5, 5.41) is 6.26. The van der Waals surface area contributed by atoms with Crippen molar-refractivity contribution in [1.82, 2.24) is 15.5 Å². The zero-order chi connectivity index (χ0) is 14.1. The minimum absolute atomic E-state index is 0.0474. The predicted octanol–water partition coefficient (Wildman–Crippen LogP) is 0.286. The summed E-state index contributed by atoms with van der Waals surface area (Å²) < 4.78 is 5.69. The van der Waals surface area contributed by atoms with Gasteiger partial charge in [0.05, 0.1) is 25.3 Å². The van der Waals surface area contributed by atoms with E-state index in [4.69, 9.17) is 11.2 Å². The van der Waals surface area contributed by atoms with Gasteiger partial charge in [0, 0.05) is 26.2 Å². The standard InChI is InChI=1S/C14H26N4O/c1-5-7-16-13(15-6-2)17-8-9-18-10-11-19-14(3,4)12-18/h1H,6-12H2,2-4H3,(H2,15,16,17). The highest BCUT2D eigenvalue weighted by Crippen LogP contribution is 2.15. The molecule has 0 aromatic heterocycles. The molecule has 0 aromatic carbocycles. The minimum Gasteiger partial charge on any atom is -0.373 e. The summed E-state index contributed by atoms with van der Waals surface area (Å²) in [6, 6.07) is 0. The molecule has 1 aliphatic heterocycles. The van der Waals surface area contributed by atoms with Crippen LogP contribution in [0.1, 0.15) is 20.8 Å². The van der Waals surface area contributed by atoms with Gasteiger partial charge in [-0.05, 0) is 20.8 Å². The lowest BCUT2D eigenvalue weighted by Crippen LogP contribution is -2.49. The Balaban J connectivity index is 2.35. The van der Waals surface area contributed by atoms with E-state index in [-0.39, 0.29) is 5.60 Å². The third kappa shape index (κ3) is 6.46. The maximum absolute atomic E-state index is 5.69. The van der Waals surface area contributed by atoms with Crippen molar-refractivity contribution in [3.05, 3.63) is 0 Å². The highest BCUT2D eigenvalue weighted by Gasteiger charge is 2.26. The van der Waals surface area contributed by atoms with Gasteiger partial charge < -0.3 is 15.4 Å². The fourth-order valence-electron chi connectivity index (χ4n) is 2.08. The van der Waals surface area contributed by atoms with Gasteiger partial charge in [-0.25, -0.2) is 0 Å². The molecule has 1 rings (SSSR count). The van der Waals surface area contributed by atoms with E-state index in [1.54, 1.807) is 0 Å². The van der Waals surface area contributed by atoms with Gasteiger partial charge in [0.1, 0.15) is 0 Å². The lowest BCUT2D eigenvalue weighted by atomic mass is 10.1. The second-order valence-electron chi connectivity index (χ2n) is 5.20. The summed E-state index contributed by atoms with van der Waals surface area (Å²) >= 11 is 0. The Morgan fingerprint density at radius 2 is 2.26 bits per heavy atom. The molecular weight excluding hydrogens is 240 g/mol. The SMILES string of the molecule is C#CCNC(=NCCN1CCOC(C)(C)C1)NCC. The maximum Gasteiger partial charge on any atom is 0.192 e. The number of nitrogens with one attached hydrogen (secondary N) is 2. The first kappa shape index (κ1) is 15.8. The van der Waals surface area contributed by atoms with Crippen LogP contribution in [0.15, 0.2) is 4.99 Å². The summed E-state index contributed by atoms with van der Waals surface area (Å²) in [7, 11) is 0. The average molecular weight is 266 g/mol. The van der Waals surface area contributed by atoms with Crippen LogP contribution in [0.4, 0.5) is 0 Å². The molecule has 5 heteroatoms. The Hall–Kier alpha value is -1.25. The first-order valence-electron chi connectivity index (χ1n) is 6.89. The highest BCUT2D eigenvalue weighted by atomic mass is 16.5. The van der Waals surface area contributed by atoms with Crippen LogP contribution >= 0.6 is 0 Å². The third-order valence-corrected chi connectivity index (χ3v) is 2.89. The summed E-state index contributed by atoms with van der Waals surface area (Å²) in [6.45, 7) is 12.1. The molecule has 0 unspecified atom stereocenters. The molecule has 1 fully saturated rings. The highest BCUT2D eigenvalue weighted by molar-refractivity contribution is 5.79. The summed E-state index contributed by atoms with van der Waals surface area (Å²) in [6.07, 6.45) is 5.23. The largest absolute Gasteiger partial charge is 0.373 e. The number of ether oxygens (including phenoxy) is 1. The van der Waals surface area contributed by atoms with Gasteiger partial charge >= 0.3 is 0 Å². The fraction of sp³-hybridized carbons (Fsp3) is 0.786. The van der Waals surface area contributed by atoms with Crippen molar-refractivity contribution < 1.29 is 4.74 Å². The zero-order valence-electron chi connectivity index (χ0n) is 12.3. The van der Waals surface area contributed by atoms with Crippen LogP contribution in [0, 0.1) is 12.3 Å². The Kier molecular flexibility index (Phi) is 6.68. The average Bonchev–Trinajstić information content (AvgIpc) is 2.35. The van der Waals surface area contributed by atoms with Crippen LogP contribution in [0.3, 0.4) is 0 Å². The molecule has 5 nitrogen and oxygen atoms in total. The van der Waals surface area contributed by atoms with Gasteiger partial charge in [0.15, 0.2) is 5.96 Å². The Morgan fingerprint density at radius 3 is 2.89 bits per heavy atom. The smallest absolute Gasteiger partial charge is 0.192 e. The number of guanidine groups is 1. The second kappa shape index (κ2) is 8.03. The van der Waals surface area contributed by atoms with E-state index in [9.17, 15) is 0 Å². The zero-order valence-corrected chi connectivity index (χ0v) is 12.3. The second-order valence-corrected chi connectivity index (χ2v) is 5.20. The van der Waals surface area contributed by atoms with E-state index >= 15 is 0 Å². The molecule has 0 atom stereocenters. The molecular formula is C14H26N4O. The minimum atomic E-state index is -0.0474. The normalized spacial score (nSPS) is 19.8. The molecule has 2 N–H and O–H groups in total. The Labute approximate surface area is 116 Å². The lowest BCUT2D eigenvalue weighted by Gasteiger charge is -2.37. The molecule has 0 bridgehead atoms. The van der Waals surface area contributed by atoms with Crippen LogP contribution in [0.2, 0.25) is 0 Å². The summed E-state index contributed by atoms with van der Waals surface area (Å²) in [4.78, 5) is 6.90. The van der Waals surface area contributed by atoms with E-state index in [0.717, 1.165) is 45.3 Å². The van der Waals surface area contributed by atoms with Crippen molar-refractivity contribution in [2.45, 2.75) is 26.4 Å². The molecule has 0 saturated carbocycles. The van der Waals surface area contributed by atoms with Crippen LogP contribution in [-0.4, -0.2) is 62.3 Å². The van der Waals surface area contributed by atoms with Crippen LogP contribution in [0.5, 0.6) is 0 Å². The first-order chi connectivity index (χ1) is 9.07. The molecule has 1 saturated heterocycles. The quantitative estimate of drug-likeness (QED) is 0.426. The molecule has 0 radical (unpaired) electrons. The van der Waals surface area contributed by atoms with Gasteiger partial charge in [0.25, 0.3) is 0 Å². The number of rotatable bonds is 5. The van der Waals surface area contributed by atoms with E-state index in [0.29, 0.717) is 6.54 Å². The van der Waals surface area contributed by atoms with E-state index in [2.05, 4.69) is 40.3 Å². The molecule has 0 aromatic rings. The van der Waals surface area contributed by atoms with Crippen LogP contribution in [-0.2, 0) is 4.74 Å². The number of morpholine rings is 1. The van der Waals surface area contributed by atoms with Gasteiger partial charge in [-0.1, -0.05) is 5.92 Å². The van der Waals surface area contributed by atoms with Crippen molar-refractivity contribution >= 4 is 5.96 Å². The van der Waals surface area contributed by atoms with Gasteiger partial charge in [0.2, 0.25) is 0 Å². The number of aliphatic imine (C=N–C) groups is 1. The van der Waals surface area contributed by atoms with Crippen LogP contribution < -0.4 is 10.6 Å². The summed E-state index contributed by atoms with van der Waals surface area (Å²) in [5.41, 5.74) is -0.0474. The first-order valence-corrected chi connectivity index (χ1v) is 6.89. The van der Waals surface area contributed by atoms with E-state index in [1.165, 1.54) is 0 Å². The maximum atomic E-state index is 5.69. The molecule has 0 aliphatic carbocycles. The number of hydrogen-bond donors (Lipinski definition) is 2. The molecule has 0 spiro atoms. The fourth-order valence-corrected chi connectivity index (χ4v) is 2.08. The lowest BCUT2D eigenvalue weighted by molar-refractivity contribution is -0.0850. The van der Waals surface area contributed by atoms with Crippen molar-refractivity contribution in [3.63, 3.8) is 0 Å². The van der Waals surface area contributed by atoms with Crippen molar-refractivity contribution in [2.24, 2.45) is 4.99 Å². The van der Waals surface area contributed by atoms with Gasteiger partial charge in [-0.3, -0.25) is 9.89 Å². The van der Waals surface area contributed by atoms with Crippen molar-refractivity contribution in [2.75, 3.05) is 45.9 Å². The van der Waals surface area contributed by atoms with Crippen molar-refractivity contribution in [1.29, 1.82) is 0 Å². The topological polar surface area (TPSA) is 48.9 Å². The third-order valence-electron chi connectivity index (χ3n) is 2.89. The Bertz CT molecular complexity index is 333. The number of terminal acetylenes is 1. The monoisotopic (exact) mass is 266 g/mol. The molecule has 1 aliphatic rings. The summed E-state index contributed by atoms with van der Waals surface area (Å²) in [5.74, 6) is 3.33.